The summed E-state index contributed by atoms with van der Waals surface area (Å²) in [4.78, 5) is 0. The average molecular weight is 181 g/mol. The van der Waals surface area contributed by atoms with Crippen molar-refractivity contribution < 1.29 is 31.3 Å². The maximum atomic E-state index is 9.35. The lowest BCUT2D eigenvalue weighted by Gasteiger charge is -2.22. The second kappa shape index (κ2) is 3.25. The van der Waals surface area contributed by atoms with E-state index in [9.17, 15) is 15.3 Å². The molecule has 0 aromatic carbocycles. The smallest absolute Gasteiger partial charge is 0.311 e. The Morgan fingerprint density at radius 3 is 2.75 bits per heavy atom. The van der Waals surface area contributed by atoms with Crippen molar-refractivity contribution in [2.45, 2.75) is 24.3 Å². The van der Waals surface area contributed by atoms with Gasteiger partial charge in [0.05, 0.1) is 7.98 Å². The standard InChI is InChI=1S/C6H12O6/c1-11-6(10)5(9)4(8)3(2-7)12-6/h3-5,7-10H,2H2,1H3/t3-,4+,5-,6?/m1/s1/i1D. The maximum Gasteiger partial charge on any atom is 0.311 e. The lowest BCUT2D eigenvalue weighted by atomic mass is 10.1. The zero-order valence-electron chi connectivity index (χ0n) is 7.25. The van der Waals surface area contributed by atoms with Gasteiger partial charge in [0.15, 0.2) is 6.10 Å². The summed E-state index contributed by atoms with van der Waals surface area (Å²) in [7, 11) is -0.627. The molecule has 1 rings (SSSR count). The molecule has 1 aliphatic rings. The minimum absolute atomic E-state index is 0.554. The van der Waals surface area contributed by atoms with Gasteiger partial charge >= 0.3 is 5.97 Å². The molecular formula is C6H12O6. The van der Waals surface area contributed by atoms with E-state index in [1.54, 1.807) is 0 Å². The molecule has 0 aliphatic carbocycles. The molecule has 0 amide bonds. The molecular weight excluding hydrogens is 168 g/mol. The molecule has 1 heterocycles. The third-order valence-electron chi connectivity index (χ3n) is 1.79. The lowest BCUT2D eigenvalue weighted by molar-refractivity contribution is -0.367. The van der Waals surface area contributed by atoms with Crippen molar-refractivity contribution in [1.29, 1.82) is 0 Å². The van der Waals surface area contributed by atoms with Crippen LogP contribution in [-0.4, -0.2) is 58.4 Å². The molecule has 0 radical (unpaired) electrons. The third-order valence-corrected chi connectivity index (χ3v) is 1.79. The van der Waals surface area contributed by atoms with E-state index >= 15 is 0 Å². The zero-order valence-corrected chi connectivity index (χ0v) is 6.25. The Hall–Kier alpha value is -0.240. The highest BCUT2D eigenvalue weighted by molar-refractivity contribution is 4.89. The second-order valence-electron chi connectivity index (χ2n) is 2.55. The van der Waals surface area contributed by atoms with Gasteiger partial charge in [-0.05, 0) is 0 Å². The van der Waals surface area contributed by atoms with E-state index in [-0.39, 0.29) is 0 Å². The highest BCUT2D eigenvalue weighted by atomic mass is 16.8. The number of methoxy groups -OCH3 is 1. The fourth-order valence-corrected chi connectivity index (χ4v) is 1.04. The summed E-state index contributed by atoms with van der Waals surface area (Å²) in [6.45, 7) is -0.554. The van der Waals surface area contributed by atoms with Crippen LogP contribution < -0.4 is 0 Å². The molecule has 6 heteroatoms. The molecule has 12 heavy (non-hydrogen) atoms. The molecule has 0 spiro atoms. The normalized spacial score (nSPS) is 49.3. The van der Waals surface area contributed by atoms with E-state index in [0.29, 0.717) is 0 Å². The van der Waals surface area contributed by atoms with E-state index in [1.807, 2.05) is 0 Å². The van der Waals surface area contributed by atoms with Crippen LogP contribution in [0.2, 0.25) is 0 Å². The Morgan fingerprint density at radius 2 is 2.33 bits per heavy atom. The van der Waals surface area contributed by atoms with Crippen molar-refractivity contribution in [3.05, 3.63) is 0 Å². The molecule has 1 aliphatic heterocycles. The van der Waals surface area contributed by atoms with Crippen molar-refractivity contribution in [3.8, 4) is 0 Å². The quantitative estimate of drug-likeness (QED) is 0.348. The van der Waals surface area contributed by atoms with Crippen LogP contribution in [-0.2, 0) is 9.47 Å². The highest BCUT2D eigenvalue weighted by Crippen LogP contribution is 2.29. The first kappa shape index (κ1) is 8.36. The summed E-state index contributed by atoms with van der Waals surface area (Å²) < 4.78 is 15.7. The Morgan fingerprint density at radius 1 is 1.67 bits per heavy atom. The summed E-state index contributed by atoms with van der Waals surface area (Å²) in [5, 5.41) is 36.4. The number of aliphatic hydroxyl groups excluding tert-OH is 3. The van der Waals surface area contributed by atoms with Gasteiger partial charge in [-0.1, -0.05) is 0 Å². The lowest BCUT2D eigenvalue weighted by Crippen LogP contribution is -2.44. The SMILES string of the molecule is [2H]COC1(O)O[C@H](CO)[C@H](O)[C@H]1O. The van der Waals surface area contributed by atoms with E-state index in [0.717, 1.165) is 0 Å². The van der Waals surface area contributed by atoms with Crippen molar-refractivity contribution >= 4 is 0 Å². The first-order chi connectivity index (χ1) is 6.05. The van der Waals surface area contributed by atoms with Gasteiger partial charge in [0, 0.05) is 7.09 Å². The first-order valence-corrected chi connectivity index (χ1v) is 3.35. The van der Waals surface area contributed by atoms with Crippen LogP contribution in [0, 0.1) is 0 Å². The molecule has 4 atom stereocenters. The minimum Gasteiger partial charge on any atom is -0.394 e. The van der Waals surface area contributed by atoms with E-state index in [1.165, 1.54) is 0 Å². The Balaban J connectivity index is 2.69. The van der Waals surface area contributed by atoms with Gasteiger partial charge in [-0.15, -0.1) is 0 Å². The Bertz CT molecular complexity index is 179. The number of hydrogen-bond acceptors (Lipinski definition) is 6. The first-order valence-electron chi connectivity index (χ1n) is 4.06. The molecule has 4 N–H and O–H groups in total. The zero-order chi connectivity index (χ0) is 10.1. The van der Waals surface area contributed by atoms with Gasteiger partial charge in [-0.3, -0.25) is 0 Å². The van der Waals surface area contributed by atoms with Crippen LogP contribution in [0.3, 0.4) is 0 Å². The number of rotatable bonds is 2. The summed E-state index contributed by atoms with van der Waals surface area (Å²) in [5.74, 6) is -2.39. The summed E-state index contributed by atoms with van der Waals surface area (Å²) in [5.41, 5.74) is 0. The number of aliphatic hydroxyl groups is 4. The molecule has 0 aromatic heterocycles. The highest BCUT2D eigenvalue weighted by Gasteiger charge is 2.54. The van der Waals surface area contributed by atoms with Gasteiger partial charge in [0.1, 0.15) is 12.2 Å². The van der Waals surface area contributed by atoms with Crippen LogP contribution in [0.15, 0.2) is 0 Å². The average Bonchev–Trinajstić information content (AvgIpc) is 2.31. The molecule has 1 unspecified atom stereocenters. The van der Waals surface area contributed by atoms with Gasteiger partial charge in [-0.2, -0.15) is 0 Å². The fourth-order valence-electron chi connectivity index (χ4n) is 1.04. The molecule has 72 valence electrons. The fraction of sp³-hybridized carbons (Fsp3) is 1.00. The van der Waals surface area contributed by atoms with Gasteiger partial charge in [0.2, 0.25) is 0 Å². The largest absolute Gasteiger partial charge is 0.394 e. The molecule has 0 bridgehead atoms. The van der Waals surface area contributed by atoms with Crippen LogP contribution >= 0.6 is 0 Å². The van der Waals surface area contributed by atoms with Crippen molar-refractivity contribution in [3.63, 3.8) is 0 Å². The summed E-state index contributed by atoms with van der Waals surface area (Å²) >= 11 is 0. The summed E-state index contributed by atoms with van der Waals surface area (Å²) in [6.07, 6.45) is -4.22. The molecule has 1 fully saturated rings. The van der Waals surface area contributed by atoms with Gasteiger partial charge in [0.25, 0.3) is 0 Å². The predicted molar refractivity (Wildman–Crippen MR) is 35.9 cm³/mol. The third kappa shape index (κ3) is 1.33. The van der Waals surface area contributed by atoms with Crippen molar-refractivity contribution in [1.82, 2.24) is 0 Å². The number of hydrogen-bond donors (Lipinski definition) is 4. The van der Waals surface area contributed by atoms with E-state index in [2.05, 4.69) is 9.47 Å². The predicted octanol–water partition coefficient (Wildman–Crippen LogP) is -2.61. The topological polar surface area (TPSA) is 99.4 Å². The van der Waals surface area contributed by atoms with Gasteiger partial charge in [-0.25, -0.2) is 0 Å². The van der Waals surface area contributed by atoms with Crippen LogP contribution in [0.5, 0.6) is 0 Å². The van der Waals surface area contributed by atoms with Crippen LogP contribution in [0.4, 0.5) is 0 Å². The van der Waals surface area contributed by atoms with Crippen molar-refractivity contribution in [2.24, 2.45) is 0 Å². The van der Waals surface area contributed by atoms with Gasteiger partial charge < -0.3 is 29.9 Å². The number of ether oxygens (including phenoxy) is 2. The summed E-state index contributed by atoms with van der Waals surface area (Å²) in [6, 6.07) is 0. The minimum atomic E-state index is -2.39. The van der Waals surface area contributed by atoms with Crippen LogP contribution in [0.1, 0.15) is 1.37 Å². The van der Waals surface area contributed by atoms with Crippen molar-refractivity contribution in [2.75, 3.05) is 13.7 Å². The molecule has 6 nitrogen and oxygen atoms in total. The Kier molecular flexibility index (Phi) is 2.26. The molecule has 0 saturated carbocycles. The van der Waals surface area contributed by atoms with Crippen LogP contribution in [0.25, 0.3) is 0 Å². The monoisotopic (exact) mass is 181 g/mol. The molecule has 0 aromatic rings. The Labute approximate surface area is 70.4 Å². The molecule has 1 saturated heterocycles. The maximum absolute atomic E-state index is 9.35. The van der Waals surface area contributed by atoms with E-state index in [4.69, 9.17) is 6.48 Å². The second-order valence-corrected chi connectivity index (χ2v) is 2.55. The van der Waals surface area contributed by atoms with E-state index < -0.39 is 38.0 Å².